The first kappa shape index (κ1) is 22.4. The number of carbonyl (C=O) groups is 1. The summed E-state index contributed by atoms with van der Waals surface area (Å²) in [5.41, 5.74) is 3.29. The van der Waals surface area contributed by atoms with Gasteiger partial charge in [-0.1, -0.05) is 38.8 Å². The minimum absolute atomic E-state index is 0.392. The minimum atomic E-state index is -0.392. The topological polar surface area (TPSA) is 57.4 Å². The van der Waals surface area contributed by atoms with Crippen molar-refractivity contribution in [2.75, 3.05) is 31.6 Å². The second kappa shape index (κ2) is 11.8. The number of benzene rings is 1. The fourth-order valence-corrected chi connectivity index (χ4v) is 4.27. The second-order valence-corrected chi connectivity index (χ2v) is 8.26. The highest BCUT2D eigenvalue weighted by molar-refractivity contribution is 5.91. The molecule has 2 aromatic rings. The summed E-state index contributed by atoms with van der Waals surface area (Å²) in [7, 11) is 0. The van der Waals surface area contributed by atoms with Gasteiger partial charge in [-0.05, 0) is 81.4 Å². The molecule has 0 bridgehead atoms. The molecule has 1 amide bonds. The lowest BCUT2D eigenvalue weighted by atomic mass is 9.89. The minimum Gasteiger partial charge on any atom is -0.449 e. The highest BCUT2D eigenvalue weighted by atomic mass is 16.5. The van der Waals surface area contributed by atoms with Crippen molar-refractivity contribution < 1.29 is 9.53 Å². The molecule has 5 nitrogen and oxygen atoms in total. The van der Waals surface area contributed by atoms with Gasteiger partial charge in [-0.15, -0.1) is 0 Å². The standard InChI is InChI=1S/C25H37N3O2/c1-3-5-7-9-17-30-25(29)27-21-10-11-24-22(18-21)23(19-26-24)20-12-15-28(16-13-20)14-8-6-4-2/h5,7,10-11,18-20,26H,3-4,6,8-9,12-17H2,1-2H3,(H,27,29). The monoisotopic (exact) mass is 411 g/mol. The van der Waals surface area contributed by atoms with Crippen LogP contribution in [0.3, 0.4) is 0 Å². The third kappa shape index (κ3) is 6.36. The van der Waals surface area contributed by atoms with Crippen molar-refractivity contribution in [1.29, 1.82) is 0 Å². The molecule has 5 heteroatoms. The molecule has 30 heavy (non-hydrogen) atoms. The van der Waals surface area contributed by atoms with Crippen molar-refractivity contribution in [3.8, 4) is 0 Å². The van der Waals surface area contributed by atoms with E-state index in [2.05, 4.69) is 47.4 Å². The number of amides is 1. The number of fused-ring (bicyclic) bond motifs is 1. The number of hydrogen-bond acceptors (Lipinski definition) is 3. The Balaban J connectivity index is 1.56. The molecule has 164 valence electrons. The van der Waals surface area contributed by atoms with Crippen LogP contribution >= 0.6 is 0 Å². The van der Waals surface area contributed by atoms with Crippen LogP contribution in [0, 0.1) is 0 Å². The zero-order valence-corrected chi connectivity index (χ0v) is 18.6. The first-order valence-corrected chi connectivity index (χ1v) is 11.6. The number of allylic oxidation sites excluding steroid dienone is 1. The highest BCUT2D eigenvalue weighted by Crippen LogP contribution is 2.34. The van der Waals surface area contributed by atoms with E-state index < -0.39 is 6.09 Å². The summed E-state index contributed by atoms with van der Waals surface area (Å²) in [4.78, 5) is 18.1. The Hall–Kier alpha value is -2.27. The fourth-order valence-electron chi connectivity index (χ4n) is 4.27. The molecule has 0 radical (unpaired) electrons. The van der Waals surface area contributed by atoms with Crippen LogP contribution in [0.15, 0.2) is 36.5 Å². The number of anilines is 1. The Morgan fingerprint density at radius 2 is 2.07 bits per heavy atom. The number of rotatable bonds is 10. The van der Waals surface area contributed by atoms with Crippen LogP contribution in [0.1, 0.15) is 70.3 Å². The van der Waals surface area contributed by atoms with E-state index in [-0.39, 0.29) is 0 Å². The van der Waals surface area contributed by atoms with Gasteiger partial charge in [0.1, 0.15) is 0 Å². The number of aromatic nitrogens is 1. The van der Waals surface area contributed by atoms with Gasteiger partial charge >= 0.3 is 6.09 Å². The SMILES string of the molecule is CCC=CCCOC(=O)Nc1ccc2[nH]cc(C3CCN(CCCCC)CC3)c2c1. The summed E-state index contributed by atoms with van der Waals surface area (Å²) in [6.45, 7) is 8.34. The van der Waals surface area contributed by atoms with E-state index in [1.807, 2.05) is 18.2 Å². The van der Waals surface area contributed by atoms with Gasteiger partial charge in [0, 0.05) is 22.8 Å². The Morgan fingerprint density at radius 1 is 1.23 bits per heavy atom. The zero-order chi connectivity index (χ0) is 21.2. The van der Waals surface area contributed by atoms with Crippen molar-refractivity contribution in [2.24, 2.45) is 0 Å². The number of unbranched alkanes of at least 4 members (excludes halogenated alkanes) is 2. The normalized spacial score (nSPS) is 15.8. The van der Waals surface area contributed by atoms with Crippen molar-refractivity contribution in [3.05, 3.63) is 42.1 Å². The number of ether oxygens (including phenoxy) is 1. The zero-order valence-electron chi connectivity index (χ0n) is 18.6. The lowest BCUT2D eigenvalue weighted by Gasteiger charge is -2.32. The van der Waals surface area contributed by atoms with E-state index in [4.69, 9.17) is 4.74 Å². The molecule has 0 saturated carbocycles. The summed E-state index contributed by atoms with van der Waals surface area (Å²) >= 11 is 0. The number of aromatic amines is 1. The lowest BCUT2D eigenvalue weighted by molar-refractivity contribution is 0.163. The van der Waals surface area contributed by atoms with Gasteiger partial charge < -0.3 is 14.6 Å². The Kier molecular flexibility index (Phi) is 8.81. The lowest BCUT2D eigenvalue weighted by Crippen LogP contribution is -2.33. The van der Waals surface area contributed by atoms with E-state index in [1.54, 1.807) is 0 Å². The predicted octanol–water partition coefficient (Wildman–Crippen LogP) is 6.44. The quantitative estimate of drug-likeness (QED) is 0.349. The molecule has 3 rings (SSSR count). The van der Waals surface area contributed by atoms with Crippen molar-refractivity contribution >= 4 is 22.7 Å². The fraction of sp³-hybridized carbons (Fsp3) is 0.560. The summed E-state index contributed by atoms with van der Waals surface area (Å²) in [5, 5.41) is 4.08. The molecule has 1 aromatic heterocycles. The van der Waals surface area contributed by atoms with Crippen LogP contribution in [0.2, 0.25) is 0 Å². The summed E-state index contributed by atoms with van der Waals surface area (Å²) in [5.74, 6) is 0.578. The molecule has 0 unspecified atom stereocenters. The van der Waals surface area contributed by atoms with Crippen LogP contribution in [0.4, 0.5) is 10.5 Å². The Labute approximate surface area is 180 Å². The molecular formula is C25H37N3O2. The number of nitrogens with one attached hydrogen (secondary N) is 2. The molecule has 0 atom stereocenters. The summed E-state index contributed by atoms with van der Waals surface area (Å²) in [6, 6.07) is 6.04. The summed E-state index contributed by atoms with van der Waals surface area (Å²) < 4.78 is 5.27. The van der Waals surface area contributed by atoms with E-state index in [0.717, 1.165) is 24.0 Å². The molecule has 0 aliphatic carbocycles. The maximum Gasteiger partial charge on any atom is 0.411 e. The molecule has 2 heterocycles. The molecule has 1 fully saturated rings. The first-order chi connectivity index (χ1) is 14.7. The number of H-pyrrole nitrogens is 1. The highest BCUT2D eigenvalue weighted by Gasteiger charge is 2.22. The van der Waals surface area contributed by atoms with Gasteiger partial charge in [0.15, 0.2) is 0 Å². The van der Waals surface area contributed by atoms with Gasteiger partial charge in [0.2, 0.25) is 0 Å². The third-order valence-corrected chi connectivity index (χ3v) is 5.99. The molecule has 1 aromatic carbocycles. The van der Waals surface area contributed by atoms with E-state index in [9.17, 15) is 4.79 Å². The van der Waals surface area contributed by atoms with Crippen LogP contribution in [-0.4, -0.2) is 42.2 Å². The van der Waals surface area contributed by atoms with Crippen LogP contribution in [0.25, 0.3) is 10.9 Å². The molecule has 1 saturated heterocycles. The van der Waals surface area contributed by atoms with E-state index in [0.29, 0.717) is 12.5 Å². The van der Waals surface area contributed by atoms with Gasteiger partial charge in [-0.2, -0.15) is 0 Å². The van der Waals surface area contributed by atoms with Gasteiger partial charge in [-0.3, -0.25) is 5.32 Å². The molecular weight excluding hydrogens is 374 g/mol. The smallest absolute Gasteiger partial charge is 0.411 e. The van der Waals surface area contributed by atoms with Gasteiger partial charge in [0.25, 0.3) is 0 Å². The summed E-state index contributed by atoms with van der Waals surface area (Å²) in [6.07, 6.45) is 14.0. The maximum absolute atomic E-state index is 12.1. The molecule has 1 aliphatic heterocycles. The molecule has 2 N–H and O–H groups in total. The second-order valence-electron chi connectivity index (χ2n) is 8.26. The van der Waals surface area contributed by atoms with E-state index >= 15 is 0 Å². The van der Waals surface area contributed by atoms with Gasteiger partial charge in [0.05, 0.1) is 6.61 Å². The number of nitrogens with zero attached hydrogens (tertiary/aromatic N) is 1. The Morgan fingerprint density at radius 3 is 2.83 bits per heavy atom. The number of hydrogen-bond donors (Lipinski definition) is 2. The largest absolute Gasteiger partial charge is 0.449 e. The number of carbonyl (C=O) groups excluding carboxylic acids is 1. The maximum atomic E-state index is 12.1. The van der Waals surface area contributed by atoms with Crippen LogP contribution < -0.4 is 5.32 Å². The van der Waals surface area contributed by atoms with Crippen molar-refractivity contribution in [2.45, 2.75) is 64.7 Å². The predicted molar refractivity (Wildman–Crippen MR) is 125 cm³/mol. The van der Waals surface area contributed by atoms with Crippen LogP contribution in [0.5, 0.6) is 0 Å². The van der Waals surface area contributed by atoms with Crippen LogP contribution in [-0.2, 0) is 4.74 Å². The van der Waals surface area contributed by atoms with Gasteiger partial charge in [-0.25, -0.2) is 4.79 Å². The average molecular weight is 412 g/mol. The Bertz CT molecular complexity index is 819. The molecule has 1 aliphatic rings. The molecule has 0 spiro atoms. The number of likely N-dealkylation sites (tertiary alicyclic amines) is 1. The van der Waals surface area contributed by atoms with Crippen molar-refractivity contribution in [3.63, 3.8) is 0 Å². The first-order valence-electron chi connectivity index (χ1n) is 11.6. The van der Waals surface area contributed by atoms with E-state index in [1.165, 1.54) is 62.7 Å². The van der Waals surface area contributed by atoms with Crippen molar-refractivity contribution in [1.82, 2.24) is 9.88 Å². The number of piperidine rings is 1. The third-order valence-electron chi connectivity index (χ3n) is 5.99. The average Bonchev–Trinajstić information content (AvgIpc) is 3.17.